The largest absolute Gasteiger partial charge is 0.508 e. The van der Waals surface area contributed by atoms with Crippen LogP contribution < -0.4 is 0 Å². The van der Waals surface area contributed by atoms with Crippen LogP contribution in [0.3, 0.4) is 0 Å². The Morgan fingerprint density at radius 3 is 2.06 bits per heavy atom. The van der Waals surface area contributed by atoms with Crippen LogP contribution in [0.5, 0.6) is 5.75 Å². The van der Waals surface area contributed by atoms with E-state index in [4.69, 9.17) is 5.26 Å². The van der Waals surface area contributed by atoms with Gasteiger partial charge in [-0.2, -0.15) is 5.26 Å². The lowest BCUT2D eigenvalue weighted by molar-refractivity contribution is 0.475. The highest BCUT2D eigenvalue weighted by Crippen LogP contribution is 2.22. The van der Waals surface area contributed by atoms with Gasteiger partial charge >= 0.3 is 0 Å². The maximum atomic E-state index is 9.23. The molecule has 2 heteroatoms. The molecule has 0 heterocycles. The second-order valence-electron chi connectivity index (χ2n) is 3.93. The van der Waals surface area contributed by atoms with Crippen molar-refractivity contribution in [1.82, 2.24) is 0 Å². The quantitative estimate of drug-likeness (QED) is 0.874. The lowest BCUT2D eigenvalue weighted by Gasteiger charge is -2.02. The van der Waals surface area contributed by atoms with Gasteiger partial charge in [-0.3, -0.25) is 0 Å². The van der Waals surface area contributed by atoms with Crippen LogP contribution in [-0.4, -0.2) is 5.11 Å². The number of allylic oxidation sites excluding steroid dienone is 1. The van der Waals surface area contributed by atoms with E-state index in [9.17, 15) is 5.11 Å². The molecule has 2 rings (SSSR count). The fourth-order valence-corrected chi connectivity index (χ4v) is 1.69. The molecule has 0 fully saturated rings. The minimum Gasteiger partial charge on any atom is -0.508 e. The molecule has 1 N–H and O–H groups in total. The number of benzene rings is 2. The third-order valence-electron chi connectivity index (χ3n) is 2.63. The van der Waals surface area contributed by atoms with Crippen molar-refractivity contribution in [3.05, 3.63) is 60.2 Å². The van der Waals surface area contributed by atoms with E-state index >= 15 is 0 Å². The van der Waals surface area contributed by atoms with Gasteiger partial charge in [-0.1, -0.05) is 48.6 Å². The highest BCUT2D eigenvalue weighted by Gasteiger charge is 1.97. The first kappa shape index (κ1) is 11.9. The summed E-state index contributed by atoms with van der Waals surface area (Å²) in [5.41, 5.74) is 3.25. The molecule has 2 nitrogen and oxygen atoms in total. The molecule has 2 aromatic rings. The summed E-state index contributed by atoms with van der Waals surface area (Å²) in [6.07, 6.45) is 4.21. The highest BCUT2D eigenvalue weighted by atomic mass is 16.3. The molecule has 0 aromatic heterocycles. The van der Waals surface area contributed by atoms with Gasteiger partial charge in [-0.05, 0) is 28.8 Å². The predicted octanol–water partition coefficient (Wildman–Crippen LogP) is 3.99. The Morgan fingerprint density at radius 2 is 1.50 bits per heavy atom. The van der Waals surface area contributed by atoms with Crippen LogP contribution >= 0.6 is 0 Å². The van der Waals surface area contributed by atoms with Crippen LogP contribution in [0.4, 0.5) is 0 Å². The third-order valence-corrected chi connectivity index (χ3v) is 2.63. The lowest BCUT2D eigenvalue weighted by atomic mass is 10.0. The summed E-state index contributed by atoms with van der Waals surface area (Å²) < 4.78 is 0. The minimum absolute atomic E-state index is 0.273. The molecule has 0 atom stereocenters. The van der Waals surface area contributed by atoms with Crippen molar-refractivity contribution in [2.75, 3.05) is 0 Å². The fourth-order valence-electron chi connectivity index (χ4n) is 1.69. The molecule has 18 heavy (non-hydrogen) atoms. The number of nitrogens with zero attached hydrogens (tertiary/aromatic N) is 1. The van der Waals surface area contributed by atoms with Crippen molar-refractivity contribution in [3.63, 3.8) is 0 Å². The molecule has 0 aliphatic heterocycles. The van der Waals surface area contributed by atoms with E-state index in [2.05, 4.69) is 6.07 Å². The Bertz CT molecular complexity index is 574. The molecule has 0 aliphatic rings. The van der Waals surface area contributed by atoms with Crippen LogP contribution in [0.25, 0.3) is 17.2 Å². The van der Waals surface area contributed by atoms with Crippen LogP contribution in [0.15, 0.2) is 54.6 Å². The van der Waals surface area contributed by atoms with Gasteiger partial charge in [-0.25, -0.2) is 0 Å². The average molecular weight is 235 g/mol. The smallest absolute Gasteiger partial charge is 0.115 e. The fraction of sp³-hybridized carbons (Fsp3) is 0.0625. The van der Waals surface area contributed by atoms with Gasteiger partial charge in [0.15, 0.2) is 0 Å². The Labute approximate surface area is 106 Å². The number of phenols is 1. The Morgan fingerprint density at radius 1 is 0.944 bits per heavy atom. The number of rotatable bonds is 3. The molecule has 0 saturated carbocycles. The number of aromatic hydroxyl groups is 1. The van der Waals surface area contributed by atoms with E-state index in [0.29, 0.717) is 6.42 Å². The summed E-state index contributed by atoms with van der Waals surface area (Å²) in [6.45, 7) is 0. The summed E-state index contributed by atoms with van der Waals surface area (Å²) in [6, 6.07) is 17.3. The van der Waals surface area contributed by atoms with Gasteiger partial charge in [0.25, 0.3) is 0 Å². The van der Waals surface area contributed by atoms with Gasteiger partial charge in [0.05, 0.1) is 12.5 Å². The molecule has 2 aromatic carbocycles. The monoisotopic (exact) mass is 235 g/mol. The molecular formula is C16H13NO. The SMILES string of the molecule is N#CCC=Cc1ccc(-c2ccc(O)cc2)cc1. The van der Waals surface area contributed by atoms with Gasteiger partial charge in [0, 0.05) is 0 Å². The van der Waals surface area contributed by atoms with E-state index in [1.54, 1.807) is 12.1 Å². The number of hydrogen-bond donors (Lipinski definition) is 1. The first-order valence-electron chi connectivity index (χ1n) is 5.72. The Hall–Kier alpha value is -2.53. The lowest BCUT2D eigenvalue weighted by Crippen LogP contribution is -1.78. The zero-order valence-corrected chi connectivity index (χ0v) is 9.88. The molecular weight excluding hydrogens is 222 g/mol. The molecule has 0 radical (unpaired) electrons. The maximum Gasteiger partial charge on any atom is 0.115 e. The van der Waals surface area contributed by atoms with E-state index in [-0.39, 0.29) is 5.75 Å². The summed E-state index contributed by atoms with van der Waals surface area (Å²) in [5.74, 6) is 0.273. The van der Waals surface area contributed by atoms with Crippen molar-refractivity contribution in [1.29, 1.82) is 5.26 Å². The van der Waals surface area contributed by atoms with Crippen molar-refractivity contribution in [2.24, 2.45) is 0 Å². The molecule has 0 saturated heterocycles. The van der Waals surface area contributed by atoms with Crippen molar-refractivity contribution >= 4 is 6.08 Å². The molecule has 88 valence electrons. The van der Waals surface area contributed by atoms with Gasteiger partial charge in [-0.15, -0.1) is 0 Å². The van der Waals surface area contributed by atoms with Gasteiger partial charge in [0.1, 0.15) is 5.75 Å². The third kappa shape index (κ3) is 2.99. The van der Waals surface area contributed by atoms with E-state index in [1.165, 1.54) is 0 Å². The Kier molecular flexibility index (Phi) is 3.78. The molecule has 0 aliphatic carbocycles. The second-order valence-corrected chi connectivity index (χ2v) is 3.93. The maximum absolute atomic E-state index is 9.23. The zero-order valence-electron chi connectivity index (χ0n) is 9.88. The first-order chi connectivity index (χ1) is 8.79. The standard InChI is InChI=1S/C16H13NO/c17-12-2-1-3-13-4-6-14(7-5-13)15-8-10-16(18)11-9-15/h1,3-11,18H,2H2. The molecule has 0 bridgehead atoms. The number of phenolic OH excluding ortho intramolecular Hbond substituents is 1. The van der Waals surface area contributed by atoms with Crippen LogP contribution in [0, 0.1) is 11.3 Å². The number of hydrogen-bond acceptors (Lipinski definition) is 2. The second kappa shape index (κ2) is 5.70. The van der Waals surface area contributed by atoms with E-state index in [1.807, 2.05) is 48.6 Å². The summed E-state index contributed by atoms with van der Waals surface area (Å²) in [7, 11) is 0. The van der Waals surface area contributed by atoms with Crippen LogP contribution in [0.1, 0.15) is 12.0 Å². The Balaban J connectivity index is 2.17. The number of nitriles is 1. The first-order valence-corrected chi connectivity index (χ1v) is 5.72. The summed E-state index contributed by atoms with van der Waals surface area (Å²) >= 11 is 0. The van der Waals surface area contributed by atoms with E-state index < -0.39 is 0 Å². The molecule has 0 unspecified atom stereocenters. The molecule has 0 spiro atoms. The summed E-state index contributed by atoms with van der Waals surface area (Å²) in [5, 5.41) is 17.7. The van der Waals surface area contributed by atoms with Gasteiger partial charge < -0.3 is 5.11 Å². The topological polar surface area (TPSA) is 44.0 Å². The van der Waals surface area contributed by atoms with Crippen molar-refractivity contribution < 1.29 is 5.11 Å². The highest BCUT2D eigenvalue weighted by molar-refractivity contribution is 5.66. The van der Waals surface area contributed by atoms with Gasteiger partial charge in [0.2, 0.25) is 0 Å². The van der Waals surface area contributed by atoms with Crippen LogP contribution in [-0.2, 0) is 0 Å². The van der Waals surface area contributed by atoms with E-state index in [0.717, 1.165) is 16.7 Å². The summed E-state index contributed by atoms with van der Waals surface area (Å²) in [4.78, 5) is 0. The minimum atomic E-state index is 0.273. The molecule has 0 amide bonds. The predicted molar refractivity (Wildman–Crippen MR) is 72.8 cm³/mol. The van der Waals surface area contributed by atoms with Crippen molar-refractivity contribution in [2.45, 2.75) is 6.42 Å². The van der Waals surface area contributed by atoms with Crippen molar-refractivity contribution in [3.8, 4) is 22.9 Å². The normalized spacial score (nSPS) is 10.4. The average Bonchev–Trinajstić information content (AvgIpc) is 2.41. The van der Waals surface area contributed by atoms with Crippen LogP contribution in [0.2, 0.25) is 0 Å². The zero-order chi connectivity index (χ0) is 12.8.